The number of nitrogens with zero attached hydrogens (tertiary/aromatic N) is 3. The first-order valence-electron chi connectivity index (χ1n) is 7.90. The van der Waals surface area contributed by atoms with E-state index in [4.69, 9.17) is 0 Å². The molecular formula is C17H17N5O3. The molecule has 0 spiro atoms. The molecule has 0 saturated heterocycles. The highest BCUT2D eigenvalue weighted by Gasteiger charge is 2.22. The van der Waals surface area contributed by atoms with Gasteiger partial charge in [-0.05, 0) is 31.5 Å². The van der Waals surface area contributed by atoms with Crippen molar-refractivity contribution in [3.05, 3.63) is 45.1 Å². The number of hydrogen-bond acceptors (Lipinski definition) is 4. The average molecular weight is 339 g/mol. The fourth-order valence-corrected chi connectivity index (χ4v) is 3.19. The van der Waals surface area contributed by atoms with Gasteiger partial charge in [-0.3, -0.25) is 24.1 Å². The Labute approximate surface area is 141 Å². The first-order chi connectivity index (χ1) is 11.9. The van der Waals surface area contributed by atoms with Gasteiger partial charge in [-0.2, -0.15) is 0 Å². The number of nitrogens with one attached hydrogen (secondary N) is 2. The van der Waals surface area contributed by atoms with Crippen LogP contribution in [0.5, 0.6) is 5.75 Å². The molecule has 0 amide bonds. The van der Waals surface area contributed by atoms with Gasteiger partial charge in [0.05, 0.1) is 10.9 Å². The molecule has 3 N–H and O–H groups in total. The Balaban J connectivity index is 2.30. The van der Waals surface area contributed by atoms with E-state index in [1.807, 2.05) is 13.8 Å². The number of phenolic OH excluding ortho intramolecular Hbond substituents is 1. The molecule has 0 saturated carbocycles. The lowest BCUT2D eigenvalue weighted by Gasteiger charge is -2.10. The van der Waals surface area contributed by atoms with E-state index in [0.29, 0.717) is 33.3 Å². The monoisotopic (exact) mass is 339 g/mol. The van der Waals surface area contributed by atoms with Crippen molar-refractivity contribution in [2.45, 2.75) is 19.9 Å². The molecule has 0 aliphatic heterocycles. The number of aromatic amines is 2. The van der Waals surface area contributed by atoms with Crippen molar-refractivity contribution in [1.82, 2.24) is 24.3 Å². The fraction of sp³-hybridized carbons (Fsp3) is 0.235. The van der Waals surface area contributed by atoms with Gasteiger partial charge in [-0.25, -0.2) is 9.78 Å². The number of hydrogen-bond donors (Lipinski definition) is 3. The van der Waals surface area contributed by atoms with Crippen LogP contribution in [0.4, 0.5) is 0 Å². The number of imidazole rings is 1. The predicted molar refractivity (Wildman–Crippen MR) is 94.9 cm³/mol. The Kier molecular flexibility index (Phi) is 3.11. The first kappa shape index (κ1) is 15.3. The highest BCUT2D eigenvalue weighted by atomic mass is 16.3. The molecule has 0 fully saturated rings. The number of fused-ring (bicyclic) bond motifs is 2. The van der Waals surface area contributed by atoms with Crippen molar-refractivity contribution in [3.63, 3.8) is 0 Å². The number of pyridine rings is 1. The highest BCUT2D eigenvalue weighted by Crippen LogP contribution is 2.33. The lowest BCUT2D eigenvalue weighted by Crippen LogP contribution is -2.12. The zero-order valence-electron chi connectivity index (χ0n) is 14.0. The minimum Gasteiger partial charge on any atom is -0.508 e. The highest BCUT2D eigenvalue weighted by molar-refractivity contribution is 6.06. The van der Waals surface area contributed by atoms with Crippen molar-refractivity contribution >= 4 is 22.2 Å². The van der Waals surface area contributed by atoms with E-state index >= 15 is 0 Å². The predicted octanol–water partition coefficient (Wildman–Crippen LogP) is 1.86. The summed E-state index contributed by atoms with van der Waals surface area (Å²) in [7, 11) is 1.62. The van der Waals surface area contributed by atoms with E-state index in [-0.39, 0.29) is 23.0 Å². The van der Waals surface area contributed by atoms with Crippen LogP contribution in [0.1, 0.15) is 19.9 Å². The molecular weight excluding hydrogens is 322 g/mol. The maximum absolute atomic E-state index is 12.7. The second kappa shape index (κ2) is 5.10. The molecule has 3 aromatic heterocycles. The summed E-state index contributed by atoms with van der Waals surface area (Å²) in [5.41, 5.74) is 1.99. The summed E-state index contributed by atoms with van der Waals surface area (Å²) in [4.78, 5) is 32.0. The van der Waals surface area contributed by atoms with Crippen molar-refractivity contribution < 1.29 is 5.11 Å². The number of benzene rings is 1. The molecule has 4 rings (SSSR count). The van der Waals surface area contributed by atoms with Crippen LogP contribution in [-0.2, 0) is 7.05 Å². The molecule has 3 heterocycles. The third kappa shape index (κ3) is 2.10. The van der Waals surface area contributed by atoms with Crippen LogP contribution in [0.15, 0.2) is 33.9 Å². The van der Waals surface area contributed by atoms with Gasteiger partial charge in [0.25, 0.3) is 5.56 Å². The van der Waals surface area contributed by atoms with Gasteiger partial charge in [0.2, 0.25) is 0 Å². The van der Waals surface area contributed by atoms with Crippen molar-refractivity contribution in [3.8, 4) is 16.9 Å². The largest absolute Gasteiger partial charge is 0.508 e. The van der Waals surface area contributed by atoms with Gasteiger partial charge < -0.3 is 5.11 Å². The lowest BCUT2D eigenvalue weighted by molar-refractivity contribution is 0.475. The fourth-order valence-electron chi connectivity index (χ4n) is 3.19. The Morgan fingerprint density at radius 1 is 1.24 bits per heavy atom. The van der Waals surface area contributed by atoms with Gasteiger partial charge in [-0.15, -0.1) is 0 Å². The quantitative estimate of drug-likeness (QED) is 0.518. The van der Waals surface area contributed by atoms with Gasteiger partial charge >= 0.3 is 5.69 Å². The average Bonchev–Trinajstić information content (AvgIpc) is 3.03. The molecule has 1 aromatic carbocycles. The summed E-state index contributed by atoms with van der Waals surface area (Å²) in [5.74, 6) is 0.0795. The van der Waals surface area contributed by atoms with E-state index in [9.17, 15) is 14.7 Å². The summed E-state index contributed by atoms with van der Waals surface area (Å²) in [6.45, 7) is 3.87. The third-order valence-electron chi connectivity index (χ3n) is 4.35. The number of aromatic hydroxyl groups is 1. The standard InChI is InChI=1S/C17H17N5O3/c1-8(2)22-15-12(16(24)20-22)11(9-5-4-6-10(23)7-9)13-14(18-15)19-17(25)21(13)3/h4-8,23H,1-3H3,(H,20,24)(H,18,19,25). The van der Waals surface area contributed by atoms with Gasteiger partial charge in [-0.1, -0.05) is 12.1 Å². The van der Waals surface area contributed by atoms with Crippen molar-refractivity contribution in [2.75, 3.05) is 0 Å². The smallest absolute Gasteiger partial charge is 0.327 e. The molecule has 8 nitrogen and oxygen atoms in total. The number of H-pyrrole nitrogens is 2. The van der Waals surface area contributed by atoms with Crippen LogP contribution in [0.3, 0.4) is 0 Å². The van der Waals surface area contributed by atoms with E-state index in [2.05, 4.69) is 15.1 Å². The number of aromatic nitrogens is 5. The van der Waals surface area contributed by atoms with Crippen molar-refractivity contribution in [2.24, 2.45) is 7.05 Å². The van der Waals surface area contributed by atoms with E-state index in [0.717, 1.165) is 0 Å². The summed E-state index contributed by atoms with van der Waals surface area (Å²) >= 11 is 0. The summed E-state index contributed by atoms with van der Waals surface area (Å²) in [6, 6.07) is 6.59. The minimum atomic E-state index is -0.316. The molecule has 128 valence electrons. The Morgan fingerprint density at radius 2 is 2.00 bits per heavy atom. The Bertz CT molecular complexity index is 1240. The molecule has 0 aliphatic carbocycles. The Hall–Kier alpha value is -3.29. The van der Waals surface area contributed by atoms with Crippen LogP contribution in [-0.4, -0.2) is 29.4 Å². The number of aryl methyl sites for hydroxylation is 1. The molecule has 4 aromatic rings. The SMILES string of the molecule is CC(C)n1[nH]c(=O)c2c(-c3cccc(O)c3)c3c(nc21)[nH]c(=O)n3C. The molecule has 0 bridgehead atoms. The summed E-state index contributed by atoms with van der Waals surface area (Å²) < 4.78 is 3.10. The van der Waals surface area contributed by atoms with E-state index in [1.54, 1.807) is 36.0 Å². The maximum atomic E-state index is 12.7. The summed E-state index contributed by atoms with van der Waals surface area (Å²) in [5, 5.41) is 13.1. The van der Waals surface area contributed by atoms with Crippen LogP contribution < -0.4 is 11.2 Å². The molecule has 25 heavy (non-hydrogen) atoms. The van der Waals surface area contributed by atoms with Crippen molar-refractivity contribution in [1.29, 1.82) is 0 Å². The molecule has 0 unspecified atom stereocenters. The molecule has 8 heteroatoms. The number of rotatable bonds is 2. The molecule has 0 radical (unpaired) electrons. The van der Waals surface area contributed by atoms with Gasteiger partial charge in [0.15, 0.2) is 11.3 Å². The maximum Gasteiger partial charge on any atom is 0.327 e. The molecule has 0 aliphatic rings. The van der Waals surface area contributed by atoms with Crippen LogP contribution in [0.2, 0.25) is 0 Å². The normalized spacial score (nSPS) is 11.8. The topological polar surface area (TPSA) is 109 Å². The van der Waals surface area contributed by atoms with Gasteiger partial charge in [0.1, 0.15) is 5.75 Å². The van der Waals surface area contributed by atoms with Crippen LogP contribution in [0, 0.1) is 0 Å². The molecule has 0 atom stereocenters. The summed E-state index contributed by atoms with van der Waals surface area (Å²) in [6.07, 6.45) is 0. The minimum absolute atomic E-state index is 0.0115. The van der Waals surface area contributed by atoms with Crippen LogP contribution in [0.25, 0.3) is 33.3 Å². The second-order valence-corrected chi connectivity index (χ2v) is 6.33. The van der Waals surface area contributed by atoms with Gasteiger partial charge in [0, 0.05) is 18.7 Å². The van der Waals surface area contributed by atoms with E-state index in [1.165, 1.54) is 4.57 Å². The number of phenols is 1. The van der Waals surface area contributed by atoms with E-state index < -0.39 is 0 Å². The Morgan fingerprint density at radius 3 is 2.68 bits per heavy atom. The third-order valence-corrected chi connectivity index (χ3v) is 4.35. The second-order valence-electron chi connectivity index (χ2n) is 6.33. The lowest BCUT2D eigenvalue weighted by atomic mass is 10.0. The van der Waals surface area contributed by atoms with Crippen LogP contribution >= 0.6 is 0 Å². The zero-order valence-corrected chi connectivity index (χ0v) is 14.0. The zero-order chi connectivity index (χ0) is 17.9. The first-order valence-corrected chi connectivity index (χ1v) is 7.90.